The van der Waals surface area contributed by atoms with Crippen LogP contribution in [0.4, 0.5) is 0 Å². The van der Waals surface area contributed by atoms with E-state index in [9.17, 15) is 0 Å². The van der Waals surface area contributed by atoms with Crippen molar-refractivity contribution in [3.8, 4) is 0 Å². The van der Waals surface area contributed by atoms with E-state index >= 15 is 0 Å². The van der Waals surface area contributed by atoms with Crippen molar-refractivity contribution >= 4 is 23.9 Å². The third-order valence-electron chi connectivity index (χ3n) is 1.30. The number of nitrogens with one attached hydrogen (secondary N) is 1. The van der Waals surface area contributed by atoms with E-state index in [4.69, 9.17) is 0 Å². The van der Waals surface area contributed by atoms with Gasteiger partial charge in [-0.25, -0.2) is 0 Å². The van der Waals surface area contributed by atoms with Crippen molar-refractivity contribution in [1.82, 2.24) is 4.13 Å². The van der Waals surface area contributed by atoms with Crippen LogP contribution in [0.15, 0.2) is 35.1 Å². The fraction of sp³-hybridized carbons (Fsp3) is 0.250. The summed E-state index contributed by atoms with van der Waals surface area (Å²) in [6.07, 6.45) is 5.79. The standard InChI is InChI=1S/C8H11NS2/c1-3-5-7-8(6-4-2)11-9-10-7/h3-4,9H,1-2,5-6H2. The molecule has 3 heteroatoms. The Bertz CT molecular complexity index is 176. The molecule has 0 saturated carbocycles. The van der Waals surface area contributed by atoms with Gasteiger partial charge < -0.3 is 0 Å². The molecule has 0 spiro atoms. The van der Waals surface area contributed by atoms with Crippen molar-refractivity contribution in [2.45, 2.75) is 12.8 Å². The second kappa shape index (κ2) is 4.70. The molecule has 1 N–H and O–H groups in total. The summed E-state index contributed by atoms with van der Waals surface area (Å²) in [5.74, 6) is 0. The lowest BCUT2D eigenvalue weighted by Gasteiger charge is -1.96. The smallest absolute Gasteiger partial charge is 0.0161 e. The molecule has 0 amide bonds. The Balaban J connectivity index is 2.60. The molecule has 0 unspecified atom stereocenters. The molecule has 0 fully saturated rings. The van der Waals surface area contributed by atoms with Gasteiger partial charge in [-0.3, -0.25) is 0 Å². The summed E-state index contributed by atoms with van der Waals surface area (Å²) in [5.41, 5.74) is 0. The number of allylic oxidation sites excluding steroid dienone is 4. The van der Waals surface area contributed by atoms with Crippen LogP contribution in [0.25, 0.3) is 0 Å². The summed E-state index contributed by atoms with van der Waals surface area (Å²) >= 11 is 3.38. The number of hydrogen-bond donors (Lipinski definition) is 1. The van der Waals surface area contributed by atoms with Crippen molar-refractivity contribution < 1.29 is 0 Å². The van der Waals surface area contributed by atoms with Crippen molar-refractivity contribution in [3.05, 3.63) is 35.1 Å². The first kappa shape index (κ1) is 8.97. The molecule has 11 heavy (non-hydrogen) atoms. The maximum atomic E-state index is 3.71. The van der Waals surface area contributed by atoms with Crippen molar-refractivity contribution in [1.29, 1.82) is 0 Å². The molecule has 1 nitrogen and oxygen atoms in total. The van der Waals surface area contributed by atoms with E-state index in [1.54, 1.807) is 23.9 Å². The van der Waals surface area contributed by atoms with Gasteiger partial charge >= 0.3 is 0 Å². The summed E-state index contributed by atoms with van der Waals surface area (Å²) in [4.78, 5) is 2.76. The fourth-order valence-corrected chi connectivity index (χ4v) is 2.83. The molecule has 0 atom stereocenters. The van der Waals surface area contributed by atoms with Crippen LogP contribution in [0.5, 0.6) is 0 Å². The zero-order chi connectivity index (χ0) is 8.10. The maximum Gasteiger partial charge on any atom is 0.0161 e. The van der Waals surface area contributed by atoms with E-state index in [-0.39, 0.29) is 0 Å². The number of hydrogen-bond acceptors (Lipinski definition) is 3. The second-order valence-electron chi connectivity index (χ2n) is 2.12. The molecule has 1 rings (SSSR count). The lowest BCUT2D eigenvalue weighted by molar-refractivity contribution is 1.28. The molecule has 1 aliphatic rings. The van der Waals surface area contributed by atoms with Crippen molar-refractivity contribution in [2.75, 3.05) is 0 Å². The Morgan fingerprint density at radius 1 is 1.09 bits per heavy atom. The topological polar surface area (TPSA) is 12.0 Å². The lowest BCUT2D eigenvalue weighted by atomic mass is 10.3. The predicted octanol–water partition coefficient (Wildman–Crippen LogP) is 3.25. The third kappa shape index (κ3) is 2.43. The molecule has 0 radical (unpaired) electrons. The summed E-state index contributed by atoms with van der Waals surface area (Å²) < 4.78 is 3.16. The Morgan fingerprint density at radius 3 is 1.91 bits per heavy atom. The summed E-state index contributed by atoms with van der Waals surface area (Å²) in [5, 5.41) is 0. The Labute approximate surface area is 76.3 Å². The van der Waals surface area contributed by atoms with Gasteiger partial charge in [0, 0.05) is 9.81 Å². The number of rotatable bonds is 4. The molecule has 0 saturated heterocycles. The minimum atomic E-state index is 0.966. The molecule has 1 aliphatic heterocycles. The first-order chi connectivity index (χ1) is 5.38. The van der Waals surface area contributed by atoms with E-state index in [0.29, 0.717) is 0 Å². The second-order valence-corrected chi connectivity index (χ2v) is 4.18. The van der Waals surface area contributed by atoms with E-state index in [2.05, 4.69) is 17.3 Å². The van der Waals surface area contributed by atoms with Crippen LogP contribution in [0.1, 0.15) is 12.8 Å². The van der Waals surface area contributed by atoms with Gasteiger partial charge in [-0.2, -0.15) is 4.13 Å². The average Bonchev–Trinajstić information content (AvgIpc) is 2.39. The van der Waals surface area contributed by atoms with Crippen LogP contribution in [0.3, 0.4) is 0 Å². The summed E-state index contributed by atoms with van der Waals surface area (Å²) in [7, 11) is 0. The zero-order valence-corrected chi connectivity index (χ0v) is 7.93. The molecule has 0 bridgehead atoms. The Morgan fingerprint density at radius 2 is 1.55 bits per heavy atom. The molecule has 0 aromatic heterocycles. The molecular formula is C8H11NS2. The van der Waals surface area contributed by atoms with Gasteiger partial charge in [0.15, 0.2) is 0 Å². The quantitative estimate of drug-likeness (QED) is 0.533. The van der Waals surface area contributed by atoms with Gasteiger partial charge in [0.2, 0.25) is 0 Å². The van der Waals surface area contributed by atoms with Crippen LogP contribution < -0.4 is 4.13 Å². The van der Waals surface area contributed by atoms with Gasteiger partial charge in [0.25, 0.3) is 0 Å². The first-order valence-corrected chi connectivity index (χ1v) is 5.04. The highest BCUT2D eigenvalue weighted by atomic mass is 32.2. The molecular weight excluding hydrogens is 174 g/mol. The Kier molecular flexibility index (Phi) is 3.83. The molecule has 1 heterocycles. The van der Waals surface area contributed by atoms with Crippen LogP contribution >= 0.6 is 23.9 Å². The minimum absolute atomic E-state index is 0.966. The van der Waals surface area contributed by atoms with Gasteiger partial charge in [-0.15, -0.1) is 13.2 Å². The normalized spacial score (nSPS) is 17.1. The maximum absolute atomic E-state index is 3.71. The first-order valence-electron chi connectivity index (χ1n) is 3.41. The summed E-state index contributed by atoms with van der Waals surface area (Å²) in [6.45, 7) is 7.42. The van der Waals surface area contributed by atoms with E-state index < -0.39 is 0 Å². The molecule has 0 aromatic carbocycles. The van der Waals surface area contributed by atoms with E-state index in [1.165, 1.54) is 9.81 Å². The Hall–Kier alpha value is -0.120. The van der Waals surface area contributed by atoms with Gasteiger partial charge in [-0.05, 0) is 36.7 Å². The van der Waals surface area contributed by atoms with Crippen molar-refractivity contribution in [2.24, 2.45) is 0 Å². The highest BCUT2D eigenvalue weighted by Gasteiger charge is 2.12. The largest absolute Gasteiger partial charge is 0.200 e. The minimum Gasteiger partial charge on any atom is -0.200 e. The van der Waals surface area contributed by atoms with Gasteiger partial charge in [-0.1, -0.05) is 12.2 Å². The molecule has 0 aliphatic carbocycles. The SMILES string of the molecule is C=CCC1=C(CC=C)SNS1. The predicted molar refractivity (Wildman–Crippen MR) is 55.0 cm³/mol. The molecule has 60 valence electrons. The third-order valence-corrected chi connectivity index (χ3v) is 3.42. The highest BCUT2D eigenvalue weighted by Crippen LogP contribution is 2.38. The van der Waals surface area contributed by atoms with Crippen molar-refractivity contribution in [3.63, 3.8) is 0 Å². The van der Waals surface area contributed by atoms with Crippen LogP contribution in [0, 0.1) is 0 Å². The summed E-state index contributed by atoms with van der Waals surface area (Å²) in [6, 6.07) is 0. The van der Waals surface area contributed by atoms with Gasteiger partial charge in [0.1, 0.15) is 0 Å². The fourth-order valence-electron chi connectivity index (χ4n) is 0.808. The lowest BCUT2D eigenvalue weighted by Crippen LogP contribution is -1.77. The van der Waals surface area contributed by atoms with E-state index in [0.717, 1.165) is 12.8 Å². The average molecular weight is 185 g/mol. The van der Waals surface area contributed by atoms with E-state index in [1.807, 2.05) is 12.2 Å². The van der Waals surface area contributed by atoms with Crippen LogP contribution in [0.2, 0.25) is 0 Å². The monoisotopic (exact) mass is 185 g/mol. The van der Waals surface area contributed by atoms with Gasteiger partial charge in [0.05, 0.1) is 0 Å². The van der Waals surface area contributed by atoms with Crippen LogP contribution in [-0.4, -0.2) is 0 Å². The van der Waals surface area contributed by atoms with Crippen LogP contribution in [-0.2, 0) is 0 Å². The zero-order valence-electron chi connectivity index (χ0n) is 6.30. The highest BCUT2D eigenvalue weighted by molar-refractivity contribution is 8.19. The molecule has 0 aromatic rings.